The van der Waals surface area contributed by atoms with Crippen LogP contribution in [0.15, 0.2) is 30.6 Å². The zero-order valence-corrected chi connectivity index (χ0v) is 11.7. The van der Waals surface area contributed by atoms with E-state index in [2.05, 4.69) is 5.10 Å². The standard InChI is InChI=1S/C16H19FN2O/c1-2-13-3-4-14(7-16(13)17)15-8-18-19(10-15)9-12-5-6-20-11-12/h3-4,7-8,10,12H,2,5-6,9,11H2,1H3/t12-/m1/s1. The van der Waals surface area contributed by atoms with Gasteiger partial charge in [0.25, 0.3) is 0 Å². The Morgan fingerprint density at radius 1 is 1.40 bits per heavy atom. The van der Waals surface area contributed by atoms with Crippen molar-refractivity contribution in [2.45, 2.75) is 26.3 Å². The van der Waals surface area contributed by atoms with Crippen molar-refractivity contribution < 1.29 is 9.13 Å². The van der Waals surface area contributed by atoms with Crippen molar-refractivity contribution in [2.24, 2.45) is 5.92 Å². The van der Waals surface area contributed by atoms with Crippen LogP contribution in [-0.2, 0) is 17.7 Å². The highest BCUT2D eigenvalue weighted by Crippen LogP contribution is 2.23. The molecule has 1 saturated heterocycles. The molecular weight excluding hydrogens is 255 g/mol. The van der Waals surface area contributed by atoms with E-state index in [0.717, 1.165) is 42.9 Å². The van der Waals surface area contributed by atoms with Gasteiger partial charge >= 0.3 is 0 Å². The van der Waals surface area contributed by atoms with Crippen LogP contribution in [-0.4, -0.2) is 23.0 Å². The molecule has 0 N–H and O–H groups in total. The summed E-state index contributed by atoms with van der Waals surface area (Å²) in [6, 6.07) is 5.41. The molecule has 0 amide bonds. The predicted molar refractivity (Wildman–Crippen MR) is 75.9 cm³/mol. The summed E-state index contributed by atoms with van der Waals surface area (Å²) >= 11 is 0. The maximum Gasteiger partial charge on any atom is 0.127 e. The topological polar surface area (TPSA) is 27.1 Å². The van der Waals surface area contributed by atoms with Gasteiger partial charge in [0.15, 0.2) is 0 Å². The van der Waals surface area contributed by atoms with Gasteiger partial charge in [-0.2, -0.15) is 5.10 Å². The van der Waals surface area contributed by atoms with E-state index < -0.39 is 0 Å². The summed E-state index contributed by atoms with van der Waals surface area (Å²) in [4.78, 5) is 0. The first-order valence-corrected chi connectivity index (χ1v) is 7.15. The average Bonchev–Trinajstić information content (AvgIpc) is 3.11. The predicted octanol–water partition coefficient (Wildman–Crippen LogP) is 3.29. The number of aryl methyl sites for hydroxylation is 1. The molecule has 1 atom stereocenters. The van der Waals surface area contributed by atoms with Gasteiger partial charge in [0, 0.05) is 30.8 Å². The average molecular weight is 274 g/mol. The van der Waals surface area contributed by atoms with Crippen LogP contribution >= 0.6 is 0 Å². The first kappa shape index (κ1) is 13.3. The van der Waals surface area contributed by atoms with Crippen molar-refractivity contribution in [1.29, 1.82) is 0 Å². The van der Waals surface area contributed by atoms with E-state index in [1.54, 1.807) is 12.3 Å². The summed E-state index contributed by atoms with van der Waals surface area (Å²) in [5.41, 5.74) is 2.60. The molecule has 2 aromatic rings. The Kier molecular flexibility index (Phi) is 3.83. The molecule has 0 saturated carbocycles. The number of hydrogen-bond donors (Lipinski definition) is 0. The van der Waals surface area contributed by atoms with Crippen molar-refractivity contribution in [3.63, 3.8) is 0 Å². The second-order valence-corrected chi connectivity index (χ2v) is 5.34. The third kappa shape index (κ3) is 2.75. The number of nitrogens with zero attached hydrogens (tertiary/aromatic N) is 2. The molecule has 0 bridgehead atoms. The summed E-state index contributed by atoms with van der Waals surface area (Å²) in [7, 11) is 0. The second-order valence-electron chi connectivity index (χ2n) is 5.34. The van der Waals surface area contributed by atoms with Crippen molar-refractivity contribution in [3.8, 4) is 11.1 Å². The van der Waals surface area contributed by atoms with Crippen molar-refractivity contribution in [1.82, 2.24) is 9.78 Å². The summed E-state index contributed by atoms with van der Waals surface area (Å²) in [5, 5.41) is 4.37. The Balaban J connectivity index is 1.77. The Hall–Kier alpha value is -1.68. The third-order valence-corrected chi connectivity index (χ3v) is 3.87. The van der Waals surface area contributed by atoms with E-state index in [1.165, 1.54) is 0 Å². The molecule has 1 aliphatic heterocycles. The minimum Gasteiger partial charge on any atom is -0.381 e. The van der Waals surface area contributed by atoms with Crippen LogP contribution in [0.2, 0.25) is 0 Å². The molecule has 0 spiro atoms. The van der Waals surface area contributed by atoms with Gasteiger partial charge in [0.1, 0.15) is 5.82 Å². The molecule has 1 fully saturated rings. The number of benzene rings is 1. The molecule has 0 radical (unpaired) electrons. The van der Waals surface area contributed by atoms with Gasteiger partial charge in [-0.1, -0.05) is 19.1 Å². The van der Waals surface area contributed by atoms with Crippen molar-refractivity contribution in [3.05, 3.63) is 42.0 Å². The summed E-state index contributed by atoms with van der Waals surface area (Å²) in [6.45, 7) is 4.49. The Morgan fingerprint density at radius 2 is 2.30 bits per heavy atom. The van der Waals surface area contributed by atoms with Crippen molar-refractivity contribution in [2.75, 3.05) is 13.2 Å². The minimum atomic E-state index is -0.137. The first-order valence-electron chi connectivity index (χ1n) is 7.15. The highest BCUT2D eigenvalue weighted by atomic mass is 19.1. The fraction of sp³-hybridized carbons (Fsp3) is 0.438. The molecule has 106 valence electrons. The minimum absolute atomic E-state index is 0.137. The maximum atomic E-state index is 13.8. The monoisotopic (exact) mass is 274 g/mol. The summed E-state index contributed by atoms with van der Waals surface area (Å²) in [5.74, 6) is 0.406. The van der Waals surface area contributed by atoms with Gasteiger partial charge < -0.3 is 4.74 Å². The van der Waals surface area contributed by atoms with Gasteiger partial charge in [-0.15, -0.1) is 0 Å². The van der Waals surface area contributed by atoms with Gasteiger partial charge in [-0.3, -0.25) is 4.68 Å². The van der Waals surface area contributed by atoms with Gasteiger partial charge in [-0.05, 0) is 30.0 Å². The van der Waals surface area contributed by atoms with Crippen LogP contribution in [0.4, 0.5) is 4.39 Å². The molecule has 0 unspecified atom stereocenters. The fourth-order valence-electron chi connectivity index (χ4n) is 2.62. The molecule has 20 heavy (non-hydrogen) atoms. The smallest absolute Gasteiger partial charge is 0.127 e. The number of hydrogen-bond acceptors (Lipinski definition) is 2. The molecule has 3 nitrogen and oxygen atoms in total. The number of halogens is 1. The highest BCUT2D eigenvalue weighted by Gasteiger charge is 2.16. The highest BCUT2D eigenvalue weighted by molar-refractivity contribution is 5.62. The van der Waals surface area contributed by atoms with Gasteiger partial charge in [-0.25, -0.2) is 4.39 Å². The van der Waals surface area contributed by atoms with Gasteiger partial charge in [0.05, 0.1) is 12.8 Å². The lowest BCUT2D eigenvalue weighted by Crippen LogP contribution is -2.10. The molecule has 1 aliphatic rings. The maximum absolute atomic E-state index is 13.8. The fourth-order valence-corrected chi connectivity index (χ4v) is 2.62. The second kappa shape index (κ2) is 5.75. The normalized spacial score (nSPS) is 18.6. The number of rotatable bonds is 4. The molecular formula is C16H19FN2O. The van der Waals surface area contributed by atoms with Crippen molar-refractivity contribution >= 4 is 0 Å². The quantitative estimate of drug-likeness (QED) is 0.855. The largest absolute Gasteiger partial charge is 0.381 e. The molecule has 1 aromatic carbocycles. The Labute approximate surface area is 118 Å². The molecule has 3 rings (SSSR count). The van der Waals surface area contributed by atoms with E-state index in [9.17, 15) is 4.39 Å². The molecule has 1 aromatic heterocycles. The van der Waals surface area contributed by atoms with Crippen LogP contribution < -0.4 is 0 Å². The zero-order chi connectivity index (χ0) is 13.9. The lowest BCUT2D eigenvalue weighted by Gasteiger charge is -2.06. The Morgan fingerprint density at radius 3 is 3.00 bits per heavy atom. The van der Waals surface area contributed by atoms with E-state index in [0.29, 0.717) is 12.3 Å². The van der Waals surface area contributed by atoms with Crippen LogP contribution in [0.1, 0.15) is 18.9 Å². The molecule has 2 heterocycles. The molecule has 4 heteroatoms. The number of aromatic nitrogens is 2. The Bertz CT molecular complexity index is 588. The van der Waals surface area contributed by atoms with Crippen LogP contribution in [0.25, 0.3) is 11.1 Å². The van der Waals surface area contributed by atoms with E-state index in [4.69, 9.17) is 4.74 Å². The van der Waals surface area contributed by atoms with E-state index in [-0.39, 0.29) is 5.82 Å². The summed E-state index contributed by atoms with van der Waals surface area (Å²) < 4.78 is 21.1. The number of ether oxygens (including phenoxy) is 1. The van der Waals surface area contributed by atoms with Gasteiger partial charge in [0.2, 0.25) is 0 Å². The van der Waals surface area contributed by atoms with Crippen LogP contribution in [0.5, 0.6) is 0 Å². The van der Waals surface area contributed by atoms with E-state index >= 15 is 0 Å². The lowest BCUT2D eigenvalue weighted by atomic mass is 10.1. The van der Waals surface area contributed by atoms with Crippen LogP contribution in [0, 0.1) is 11.7 Å². The van der Waals surface area contributed by atoms with Crippen LogP contribution in [0.3, 0.4) is 0 Å². The first-order chi connectivity index (χ1) is 9.76. The zero-order valence-electron chi connectivity index (χ0n) is 11.7. The summed E-state index contributed by atoms with van der Waals surface area (Å²) in [6.07, 6.45) is 5.59. The van der Waals surface area contributed by atoms with E-state index in [1.807, 2.05) is 29.9 Å². The lowest BCUT2D eigenvalue weighted by molar-refractivity contribution is 0.181. The molecule has 0 aliphatic carbocycles. The SMILES string of the molecule is CCc1ccc(-c2cnn(C[C@H]3CCOC3)c2)cc1F. The third-order valence-electron chi connectivity index (χ3n) is 3.87.